The Morgan fingerprint density at radius 1 is 1.17 bits per heavy atom. The van der Waals surface area contributed by atoms with Crippen molar-refractivity contribution in [2.45, 2.75) is 44.9 Å². The second-order valence-electron chi connectivity index (χ2n) is 2.89. The van der Waals surface area contributed by atoms with Gasteiger partial charge in [-0.15, -0.1) is 0 Å². The Bertz CT molecular complexity index is 160. The average molecular weight is 168 g/mol. The molecule has 0 atom stereocenters. The number of nitriles is 1. The first kappa shape index (κ1) is 11.0. The molecule has 0 aromatic heterocycles. The molecule has 68 valence electrons. The second-order valence-corrected chi connectivity index (χ2v) is 2.89. The van der Waals surface area contributed by atoms with Gasteiger partial charge in [-0.25, -0.2) is 0 Å². The van der Waals surface area contributed by atoms with Crippen LogP contribution >= 0.6 is 0 Å². The number of carbonyl (C=O) groups is 1. The van der Waals surface area contributed by atoms with Crippen molar-refractivity contribution in [3.63, 3.8) is 0 Å². The number of unbranched alkanes of at least 4 members (excludes halogenated alkanes) is 5. The lowest BCUT2D eigenvalue weighted by molar-refractivity contribution is -0.118. The van der Waals surface area contributed by atoms with Crippen molar-refractivity contribution >= 4 is 5.91 Å². The fourth-order valence-electron chi connectivity index (χ4n) is 1.03. The van der Waals surface area contributed by atoms with Crippen molar-refractivity contribution in [3.8, 4) is 6.07 Å². The molecule has 0 spiro atoms. The summed E-state index contributed by atoms with van der Waals surface area (Å²) < 4.78 is 0. The van der Waals surface area contributed by atoms with Crippen LogP contribution in [0.2, 0.25) is 0 Å². The van der Waals surface area contributed by atoms with E-state index in [-0.39, 0.29) is 5.91 Å². The van der Waals surface area contributed by atoms with Gasteiger partial charge in [-0.1, -0.05) is 19.3 Å². The molecule has 0 rings (SSSR count). The second kappa shape index (κ2) is 8.06. The number of carbonyl (C=O) groups excluding carboxylic acids is 1. The van der Waals surface area contributed by atoms with Crippen molar-refractivity contribution in [1.29, 1.82) is 5.26 Å². The van der Waals surface area contributed by atoms with Crippen molar-refractivity contribution < 1.29 is 4.79 Å². The third-order valence-corrected chi connectivity index (χ3v) is 1.71. The monoisotopic (exact) mass is 168 g/mol. The smallest absolute Gasteiger partial charge is 0.217 e. The van der Waals surface area contributed by atoms with E-state index in [0.29, 0.717) is 12.8 Å². The van der Waals surface area contributed by atoms with Gasteiger partial charge in [-0.3, -0.25) is 4.79 Å². The molecule has 3 nitrogen and oxygen atoms in total. The van der Waals surface area contributed by atoms with Crippen molar-refractivity contribution in [3.05, 3.63) is 0 Å². The summed E-state index contributed by atoms with van der Waals surface area (Å²) in [6.07, 6.45) is 6.26. The van der Waals surface area contributed by atoms with Gasteiger partial charge in [0.25, 0.3) is 0 Å². The summed E-state index contributed by atoms with van der Waals surface area (Å²) >= 11 is 0. The van der Waals surface area contributed by atoms with Crippen LogP contribution in [-0.2, 0) is 4.79 Å². The fourth-order valence-corrected chi connectivity index (χ4v) is 1.03. The molecule has 0 saturated carbocycles. The Labute approximate surface area is 73.6 Å². The summed E-state index contributed by atoms with van der Waals surface area (Å²) in [4.78, 5) is 10.3. The highest BCUT2D eigenvalue weighted by atomic mass is 16.1. The van der Waals surface area contributed by atoms with Gasteiger partial charge in [0.05, 0.1) is 6.07 Å². The van der Waals surface area contributed by atoms with Crippen molar-refractivity contribution in [2.75, 3.05) is 0 Å². The predicted octanol–water partition coefficient (Wildman–Crippen LogP) is 1.73. The predicted molar refractivity (Wildman–Crippen MR) is 47.1 cm³/mol. The lowest BCUT2D eigenvalue weighted by Gasteiger charge is -1.96. The topological polar surface area (TPSA) is 66.9 Å². The van der Waals surface area contributed by atoms with E-state index in [9.17, 15) is 4.79 Å². The van der Waals surface area contributed by atoms with Gasteiger partial charge in [0.2, 0.25) is 5.91 Å². The largest absolute Gasteiger partial charge is 0.370 e. The van der Waals surface area contributed by atoms with Gasteiger partial charge in [0, 0.05) is 12.8 Å². The van der Waals surface area contributed by atoms with E-state index < -0.39 is 0 Å². The zero-order valence-corrected chi connectivity index (χ0v) is 7.38. The molecule has 0 aliphatic rings. The molecule has 0 radical (unpaired) electrons. The maximum atomic E-state index is 10.3. The molecule has 0 bridgehead atoms. The van der Waals surface area contributed by atoms with E-state index in [2.05, 4.69) is 6.07 Å². The van der Waals surface area contributed by atoms with Crippen LogP contribution < -0.4 is 5.73 Å². The number of nitrogens with zero attached hydrogens (tertiary/aromatic N) is 1. The van der Waals surface area contributed by atoms with Crippen LogP contribution in [0.25, 0.3) is 0 Å². The van der Waals surface area contributed by atoms with Gasteiger partial charge >= 0.3 is 0 Å². The van der Waals surface area contributed by atoms with Crippen LogP contribution in [-0.4, -0.2) is 5.91 Å². The molecule has 0 heterocycles. The molecular weight excluding hydrogens is 152 g/mol. The van der Waals surface area contributed by atoms with Crippen molar-refractivity contribution in [1.82, 2.24) is 0 Å². The molecule has 0 aromatic carbocycles. The lowest BCUT2D eigenvalue weighted by atomic mass is 10.1. The summed E-state index contributed by atoms with van der Waals surface area (Å²) in [7, 11) is 0. The maximum absolute atomic E-state index is 10.3. The zero-order chi connectivity index (χ0) is 9.23. The molecule has 0 aromatic rings. The Balaban J connectivity index is 2.92. The first-order valence-electron chi connectivity index (χ1n) is 4.42. The summed E-state index contributed by atoms with van der Waals surface area (Å²) in [6.45, 7) is 0. The van der Waals surface area contributed by atoms with Crippen LogP contribution in [0.15, 0.2) is 0 Å². The highest BCUT2D eigenvalue weighted by Crippen LogP contribution is 2.06. The summed E-state index contributed by atoms with van der Waals surface area (Å²) in [5.41, 5.74) is 4.97. The Morgan fingerprint density at radius 3 is 2.33 bits per heavy atom. The van der Waals surface area contributed by atoms with Gasteiger partial charge in [0.15, 0.2) is 0 Å². The minimum atomic E-state index is -0.216. The minimum Gasteiger partial charge on any atom is -0.370 e. The standard InChI is InChI=1S/C9H16N2O/c10-8-6-4-2-1-3-5-7-9(11)12/h1-7H2,(H2,11,12). The van der Waals surface area contributed by atoms with E-state index in [1.54, 1.807) is 0 Å². The van der Waals surface area contributed by atoms with Crippen LogP contribution in [0.3, 0.4) is 0 Å². The van der Waals surface area contributed by atoms with Gasteiger partial charge in [-0.05, 0) is 12.8 Å². The van der Waals surface area contributed by atoms with Crippen LogP contribution in [0, 0.1) is 11.3 Å². The normalized spacial score (nSPS) is 9.25. The van der Waals surface area contributed by atoms with Crippen LogP contribution in [0.1, 0.15) is 44.9 Å². The molecule has 0 aliphatic carbocycles. The number of amides is 1. The fraction of sp³-hybridized carbons (Fsp3) is 0.778. The minimum absolute atomic E-state index is 0.216. The van der Waals surface area contributed by atoms with E-state index in [4.69, 9.17) is 11.0 Å². The number of nitrogens with two attached hydrogens (primary N) is 1. The lowest BCUT2D eigenvalue weighted by Crippen LogP contribution is -2.09. The first-order chi connectivity index (χ1) is 5.77. The zero-order valence-electron chi connectivity index (χ0n) is 7.38. The molecule has 0 aliphatic heterocycles. The summed E-state index contributed by atoms with van der Waals surface area (Å²) in [5.74, 6) is -0.216. The van der Waals surface area contributed by atoms with Gasteiger partial charge < -0.3 is 5.73 Å². The molecule has 0 unspecified atom stereocenters. The van der Waals surface area contributed by atoms with E-state index in [1.165, 1.54) is 0 Å². The maximum Gasteiger partial charge on any atom is 0.217 e. The number of rotatable bonds is 7. The quantitative estimate of drug-likeness (QED) is 0.588. The molecule has 0 saturated heterocycles. The SMILES string of the molecule is N#CCCCCCCCC(N)=O. The molecule has 2 N–H and O–H groups in total. The molecule has 12 heavy (non-hydrogen) atoms. The average Bonchev–Trinajstić information content (AvgIpc) is 2.02. The Kier molecular flexibility index (Phi) is 7.36. The Hall–Kier alpha value is -1.04. The van der Waals surface area contributed by atoms with Gasteiger partial charge in [0.1, 0.15) is 0 Å². The highest BCUT2D eigenvalue weighted by Gasteiger charge is 1.94. The number of hydrogen-bond donors (Lipinski definition) is 1. The summed E-state index contributed by atoms with van der Waals surface area (Å²) in [5, 5.41) is 8.23. The molecular formula is C9H16N2O. The van der Waals surface area contributed by atoms with Crippen LogP contribution in [0.4, 0.5) is 0 Å². The van der Waals surface area contributed by atoms with E-state index >= 15 is 0 Å². The van der Waals surface area contributed by atoms with E-state index in [1.807, 2.05) is 0 Å². The van der Waals surface area contributed by atoms with Crippen molar-refractivity contribution in [2.24, 2.45) is 5.73 Å². The van der Waals surface area contributed by atoms with Gasteiger partial charge in [-0.2, -0.15) is 5.26 Å². The Morgan fingerprint density at radius 2 is 1.75 bits per heavy atom. The highest BCUT2D eigenvalue weighted by molar-refractivity contribution is 5.73. The summed E-state index contributed by atoms with van der Waals surface area (Å²) in [6, 6.07) is 2.10. The third kappa shape index (κ3) is 8.96. The van der Waals surface area contributed by atoms with Crippen LogP contribution in [0.5, 0.6) is 0 Å². The molecule has 0 fully saturated rings. The van der Waals surface area contributed by atoms with E-state index in [0.717, 1.165) is 32.1 Å². The number of hydrogen-bond acceptors (Lipinski definition) is 2. The molecule has 1 amide bonds. The number of primary amides is 1. The molecule has 3 heteroatoms. The third-order valence-electron chi connectivity index (χ3n) is 1.71. The first-order valence-corrected chi connectivity index (χ1v) is 4.42.